The molecule has 3 amide bonds. The Balaban J connectivity index is 1.17. The van der Waals surface area contributed by atoms with Crippen LogP contribution in [0, 0.1) is 23.5 Å². The highest BCUT2D eigenvalue weighted by Crippen LogP contribution is 2.39. The van der Waals surface area contributed by atoms with Gasteiger partial charge in [-0.2, -0.15) is 11.8 Å². The van der Waals surface area contributed by atoms with Crippen LogP contribution in [0.25, 0.3) is 0 Å². The zero-order valence-corrected chi connectivity index (χ0v) is 20.3. The van der Waals surface area contributed by atoms with Crippen LogP contribution in [0.3, 0.4) is 0 Å². The molecule has 4 heterocycles. The predicted octanol–water partition coefficient (Wildman–Crippen LogP) is 4.17. The number of rotatable bonds is 4. The predicted molar refractivity (Wildman–Crippen MR) is 132 cm³/mol. The van der Waals surface area contributed by atoms with E-state index in [-0.39, 0.29) is 24.5 Å². The molecule has 3 fully saturated rings. The van der Waals surface area contributed by atoms with Crippen molar-refractivity contribution >= 4 is 41.0 Å². The van der Waals surface area contributed by atoms with Crippen molar-refractivity contribution in [1.82, 2.24) is 4.90 Å². The highest BCUT2D eigenvalue weighted by Gasteiger charge is 2.41. The van der Waals surface area contributed by atoms with Crippen molar-refractivity contribution in [2.75, 3.05) is 47.5 Å². The number of imide groups is 1. The largest absolute Gasteiger partial charge is 0.442 e. The molecule has 0 saturated carbocycles. The van der Waals surface area contributed by atoms with Gasteiger partial charge in [-0.15, -0.1) is 0 Å². The highest BCUT2D eigenvalue weighted by molar-refractivity contribution is 7.99. The maximum atomic E-state index is 15.2. The number of benzene rings is 2. The molecule has 0 aliphatic carbocycles. The van der Waals surface area contributed by atoms with Crippen LogP contribution in [-0.2, 0) is 4.74 Å². The molecule has 36 heavy (non-hydrogen) atoms. The SMILES string of the molecule is O=C1c2ccccc2C(=O)N1CC1CN(c2cc(F)c(N3CC4CCSCCC4C3)c(F)c2)C(=O)O1. The first-order chi connectivity index (χ1) is 17.4. The number of carbonyl (C=O) groups is 3. The third-order valence-electron chi connectivity index (χ3n) is 7.61. The van der Waals surface area contributed by atoms with E-state index in [0.717, 1.165) is 46.3 Å². The molecule has 4 aliphatic heterocycles. The van der Waals surface area contributed by atoms with E-state index in [0.29, 0.717) is 36.1 Å². The number of halogens is 2. The Bertz CT molecular complexity index is 1190. The summed E-state index contributed by atoms with van der Waals surface area (Å²) in [5.74, 6) is 0.708. The van der Waals surface area contributed by atoms with E-state index in [2.05, 4.69) is 0 Å². The standard InChI is InChI=1S/C26H25F2N3O4S/c27-21-9-17(10-22(28)23(21)29-11-15-5-7-36-8-6-16(15)12-29)30-13-18(35-26(30)34)14-31-24(32)19-3-1-2-4-20(19)25(31)33/h1-4,9-10,15-16,18H,5-8,11-14H2. The summed E-state index contributed by atoms with van der Waals surface area (Å²) >= 11 is 1.94. The summed E-state index contributed by atoms with van der Waals surface area (Å²) in [6, 6.07) is 8.82. The number of anilines is 2. The van der Waals surface area contributed by atoms with E-state index in [1.165, 1.54) is 0 Å². The van der Waals surface area contributed by atoms with E-state index >= 15 is 8.78 Å². The quantitative estimate of drug-likeness (QED) is 0.572. The van der Waals surface area contributed by atoms with Crippen LogP contribution in [0.4, 0.5) is 25.0 Å². The molecule has 0 N–H and O–H groups in total. The number of fused-ring (bicyclic) bond motifs is 2. The van der Waals surface area contributed by atoms with E-state index in [1.807, 2.05) is 11.8 Å². The maximum absolute atomic E-state index is 15.2. The molecule has 6 rings (SSSR count). The second-order valence-electron chi connectivity index (χ2n) is 9.76. The fraction of sp³-hybridized carbons (Fsp3) is 0.423. The van der Waals surface area contributed by atoms with Crippen LogP contribution in [0.15, 0.2) is 36.4 Å². The van der Waals surface area contributed by atoms with Crippen LogP contribution in [-0.4, -0.2) is 66.6 Å². The van der Waals surface area contributed by atoms with Gasteiger partial charge in [-0.3, -0.25) is 19.4 Å². The van der Waals surface area contributed by atoms with Crippen LogP contribution in [0.5, 0.6) is 0 Å². The van der Waals surface area contributed by atoms with Crippen molar-refractivity contribution in [2.24, 2.45) is 11.8 Å². The fourth-order valence-electron chi connectivity index (χ4n) is 5.79. The third-order valence-corrected chi connectivity index (χ3v) is 8.66. The molecule has 0 aromatic heterocycles. The van der Waals surface area contributed by atoms with Gasteiger partial charge in [0.05, 0.1) is 29.9 Å². The van der Waals surface area contributed by atoms with Crippen molar-refractivity contribution in [3.05, 3.63) is 59.2 Å². The van der Waals surface area contributed by atoms with Crippen LogP contribution >= 0.6 is 11.8 Å². The van der Waals surface area contributed by atoms with Gasteiger partial charge < -0.3 is 9.64 Å². The molecular weight excluding hydrogens is 488 g/mol. The molecule has 3 saturated heterocycles. The molecule has 188 valence electrons. The number of cyclic esters (lactones) is 1. The fourth-order valence-corrected chi connectivity index (χ4v) is 6.94. The van der Waals surface area contributed by atoms with Crippen molar-refractivity contribution in [3.63, 3.8) is 0 Å². The van der Waals surface area contributed by atoms with E-state index < -0.39 is 35.6 Å². The number of hydrogen-bond acceptors (Lipinski definition) is 6. The first kappa shape index (κ1) is 23.3. The zero-order valence-electron chi connectivity index (χ0n) is 19.5. The van der Waals surface area contributed by atoms with Gasteiger partial charge in [-0.1, -0.05) is 12.1 Å². The van der Waals surface area contributed by atoms with Gasteiger partial charge in [0.15, 0.2) is 11.6 Å². The van der Waals surface area contributed by atoms with Crippen molar-refractivity contribution in [2.45, 2.75) is 18.9 Å². The third kappa shape index (κ3) is 3.91. The maximum Gasteiger partial charge on any atom is 0.414 e. The van der Waals surface area contributed by atoms with Crippen LogP contribution in [0.1, 0.15) is 33.6 Å². The van der Waals surface area contributed by atoms with Crippen molar-refractivity contribution < 1.29 is 27.9 Å². The highest BCUT2D eigenvalue weighted by atomic mass is 32.2. The minimum absolute atomic E-state index is 0.0318. The lowest BCUT2D eigenvalue weighted by Crippen LogP contribution is -2.38. The lowest BCUT2D eigenvalue weighted by Gasteiger charge is -2.22. The number of hydrogen-bond donors (Lipinski definition) is 0. The first-order valence-electron chi connectivity index (χ1n) is 12.2. The molecule has 0 spiro atoms. The van der Waals surface area contributed by atoms with Crippen LogP contribution in [0.2, 0.25) is 0 Å². The molecule has 0 bridgehead atoms. The molecule has 7 nitrogen and oxygen atoms in total. The van der Waals surface area contributed by atoms with E-state index in [4.69, 9.17) is 4.74 Å². The summed E-state index contributed by atoms with van der Waals surface area (Å²) < 4.78 is 35.8. The molecule has 3 atom stereocenters. The summed E-state index contributed by atoms with van der Waals surface area (Å²) in [5, 5.41) is 0. The Kier molecular flexibility index (Phi) is 5.86. The van der Waals surface area contributed by atoms with E-state index in [9.17, 15) is 14.4 Å². The summed E-state index contributed by atoms with van der Waals surface area (Å²) in [6.07, 6.45) is 0.529. The summed E-state index contributed by atoms with van der Waals surface area (Å²) in [5.41, 5.74) is 0.613. The average Bonchev–Trinajstić information content (AvgIpc) is 3.44. The van der Waals surface area contributed by atoms with Crippen molar-refractivity contribution in [1.29, 1.82) is 0 Å². The number of carbonyl (C=O) groups excluding carboxylic acids is 3. The Labute approximate surface area is 211 Å². The molecule has 4 aliphatic rings. The second-order valence-corrected chi connectivity index (χ2v) is 11.0. The molecule has 3 unspecified atom stereocenters. The minimum Gasteiger partial charge on any atom is -0.442 e. The van der Waals surface area contributed by atoms with Gasteiger partial charge in [0, 0.05) is 25.2 Å². The van der Waals surface area contributed by atoms with Gasteiger partial charge in [-0.25, -0.2) is 13.6 Å². The molecule has 0 radical (unpaired) electrons. The summed E-state index contributed by atoms with van der Waals surface area (Å²) in [4.78, 5) is 41.8. The first-order valence-corrected chi connectivity index (χ1v) is 13.3. The Morgan fingerprint density at radius 3 is 2.06 bits per heavy atom. The van der Waals surface area contributed by atoms with Gasteiger partial charge >= 0.3 is 6.09 Å². The Morgan fingerprint density at radius 1 is 0.889 bits per heavy atom. The lowest BCUT2D eigenvalue weighted by atomic mass is 9.92. The van der Waals surface area contributed by atoms with Gasteiger partial charge in [0.25, 0.3) is 11.8 Å². The summed E-state index contributed by atoms with van der Waals surface area (Å²) in [6.45, 7) is 1.10. The molecule has 2 aromatic rings. The zero-order chi connectivity index (χ0) is 25.0. The Morgan fingerprint density at radius 2 is 1.47 bits per heavy atom. The number of nitrogens with zero attached hydrogens (tertiary/aromatic N) is 3. The minimum atomic E-state index is -0.811. The molecule has 2 aromatic carbocycles. The lowest BCUT2D eigenvalue weighted by molar-refractivity contribution is 0.0558. The monoisotopic (exact) mass is 513 g/mol. The molecule has 10 heteroatoms. The van der Waals surface area contributed by atoms with Crippen LogP contribution < -0.4 is 9.80 Å². The van der Waals surface area contributed by atoms with Gasteiger partial charge in [0.1, 0.15) is 11.8 Å². The average molecular weight is 514 g/mol. The Hall–Kier alpha value is -3.14. The smallest absolute Gasteiger partial charge is 0.414 e. The van der Waals surface area contributed by atoms with Gasteiger partial charge in [0.2, 0.25) is 0 Å². The normalized spacial score (nSPS) is 25.8. The topological polar surface area (TPSA) is 70.2 Å². The van der Waals surface area contributed by atoms with Gasteiger partial charge in [-0.05, 0) is 48.3 Å². The summed E-state index contributed by atoms with van der Waals surface area (Å²) in [7, 11) is 0. The molecular formula is C26H25F2N3O4S. The number of amides is 3. The van der Waals surface area contributed by atoms with Crippen molar-refractivity contribution in [3.8, 4) is 0 Å². The second kappa shape index (κ2) is 9.06. The number of ether oxygens (including phenoxy) is 1. The van der Waals surface area contributed by atoms with E-state index in [1.54, 1.807) is 29.2 Å². The number of thioether (sulfide) groups is 1.